The Morgan fingerprint density at radius 2 is 1.59 bits per heavy atom. The molecule has 8 heteroatoms. The Balaban J connectivity index is 2.15. The lowest BCUT2D eigenvalue weighted by Gasteiger charge is -2.33. The summed E-state index contributed by atoms with van der Waals surface area (Å²) in [6, 6.07) is 7.50. The highest BCUT2D eigenvalue weighted by Gasteiger charge is 2.35. The van der Waals surface area contributed by atoms with E-state index >= 15 is 0 Å². The number of hydrogen-bond acceptors (Lipinski definition) is 5. The number of nitrogens with zero attached hydrogens (tertiary/aromatic N) is 4. The topological polar surface area (TPSA) is 105 Å². The Bertz CT molecular complexity index is 865. The SMILES string of the molecule is Cc1cc(C)c(S(=O)(=O)N2CCC(C(=O)N(CC#N)CC#N)CC2)c(C)c1. The summed E-state index contributed by atoms with van der Waals surface area (Å²) in [6.45, 7) is 5.76. The molecule has 0 spiro atoms. The quantitative estimate of drug-likeness (QED) is 0.716. The zero-order chi connectivity index (χ0) is 20.2. The smallest absolute Gasteiger partial charge is 0.243 e. The average molecular weight is 388 g/mol. The van der Waals surface area contributed by atoms with E-state index in [0.717, 1.165) is 16.7 Å². The second kappa shape index (κ2) is 8.51. The number of amides is 1. The van der Waals surface area contributed by atoms with Crippen molar-refractivity contribution < 1.29 is 13.2 Å². The molecular weight excluding hydrogens is 364 g/mol. The van der Waals surface area contributed by atoms with E-state index in [1.54, 1.807) is 13.8 Å². The molecule has 2 rings (SSSR count). The van der Waals surface area contributed by atoms with Crippen molar-refractivity contribution >= 4 is 15.9 Å². The van der Waals surface area contributed by atoms with Crippen LogP contribution in [0.25, 0.3) is 0 Å². The van der Waals surface area contributed by atoms with E-state index in [1.165, 1.54) is 9.21 Å². The van der Waals surface area contributed by atoms with Crippen molar-refractivity contribution in [2.75, 3.05) is 26.2 Å². The highest BCUT2D eigenvalue weighted by molar-refractivity contribution is 7.89. The van der Waals surface area contributed by atoms with Gasteiger partial charge in [-0.3, -0.25) is 4.79 Å². The first-order valence-corrected chi connectivity index (χ1v) is 10.3. The molecule has 1 aromatic rings. The van der Waals surface area contributed by atoms with Crippen LogP contribution in [0.15, 0.2) is 17.0 Å². The van der Waals surface area contributed by atoms with Gasteiger partial charge in [0.05, 0.1) is 17.0 Å². The van der Waals surface area contributed by atoms with Crippen LogP contribution in [0, 0.1) is 49.4 Å². The lowest BCUT2D eigenvalue weighted by atomic mass is 9.96. The fourth-order valence-corrected chi connectivity index (χ4v) is 5.57. The van der Waals surface area contributed by atoms with Crippen molar-refractivity contribution in [2.45, 2.75) is 38.5 Å². The molecule has 0 bridgehead atoms. The molecule has 1 aliphatic rings. The third-order valence-corrected chi connectivity index (χ3v) is 7.05. The van der Waals surface area contributed by atoms with E-state index in [-0.39, 0.29) is 38.0 Å². The minimum Gasteiger partial charge on any atom is -0.316 e. The molecule has 27 heavy (non-hydrogen) atoms. The molecule has 0 radical (unpaired) electrons. The summed E-state index contributed by atoms with van der Waals surface area (Å²) < 4.78 is 27.6. The highest BCUT2D eigenvalue weighted by Crippen LogP contribution is 2.29. The lowest BCUT2D eigenvalue weighted by molar-refractivity contribution is -0.135. The number of carbonyl (C=O) groups excluding carboxylic acids is 1. The fraction of sp³-hybridized carbons (Fsp3) is 0.526. The van der Waals surface area contributed by atoms with E-state index in [4.69, 9.17) is 10.5 Å². The average Bonchev–Trinajstić information content (AvgIpc) is 2.60. The second-order valence-electron chi connectivity index (χ2n) is 6.92. The molecule has 0 aromatic heterocycles. The molecule has 0 aliphatic carbocycles. The molecule has 1 fully saturated rings. The van der Waals surface area contributed by atoms with Crippen molar-refractivity contribution in [1.82, 2.24) is 9.21 Å². The molecule has 1 aliphatic heterocycles. The van der Waals surface area contributed by atoms with Crippen molar-refractivity contribution in [2.24, 2.45) is 5.92 Å². The summed E-state index contributed by atoms with van der Waals surface area (Å²) in [5.41, 5.74) is 2.46. The highest BCUT2D eigenvalue weighted by atomic mass is 32.2. The maximum atomic E-state index is 13.1. The van der Waals surface area contributed by atoms with Crippen LogP contribution >= 0.6 is 0 Å². The molecular formula is C19H24N4O3S. The van der Waals surface area contributed by atoms with Gasteiger partial charge in [-0.2, -0.15) is 14.8 Å². The molecule has 1 saturated heterocycles. The molecule has 0 atom stereocenters. The number of piperidine rings is 1. The van der Waals surface area contributed by atoms with Gasteiger partial charge in [0, 0.05) is 19.0 Å². The summed E-state index contributed by atoms with van der Waals surface area (Å²) in [5.74, 6) is -0.615. The predicted molar refractivity (Wildman–Crippen MR) is 99.9 cm³/mol. The fourth-order valence-electron chi connectivity index (χ4n) is 3.69. The number of sulfonamides is 1. The molecule has 0 unspecified atom stereocenters. The Morgan fingerprint density at radius 3 is 2.04 bits per heavy atom. The van der Waals surface area contributed by atoms with Crippen molar-refractivity contribution in [3.05, 3.63) is 28.8 Å². The molecule has 7 nitrogen and oxygen atoms in total. The van der Waals surface area contributed by atoms with Gasteiger partial charge in [-0.1, -0.05) is 17.7 Å². The van der Waals surface area contributed by atoms with Crippen LogP contribution in [0.5, 0.6) is 0 Å². The van der Waals surface area contributed by atoms with Gasteiger partial charge in [0.25, 0.3) is 0 Å². The van der Waals surface area contributed by atoms with Gasteiger partial charge in [-0.25, -0.2) is 8.42 Å². The number of rotatable bonds is 5. The molecule has 1 aromatic carbocycles. The Kier molecular flexibility index (Phi) is 6.59. The Labute approximate surface area is 160 Å². The second-order valence-corrected chi connectivity index (χ2v) is 8.79. The van der Waals surface area contributed by atoms with Crippen LogP contribution in [-0.4, -0.2) is 49.7 Å². The number of nitriles is 2. The number of benzene rings is 1. The van der Waals surface area contributed by atoms with Gasteiger partial charge in [0.15, 0.2) is 0 Å². The zero-order valence-corrected chi connectivity index (χ0v) is 16.7. The number of carbonyl (C=O) groups is 1. The first kappa shape index (κ1) is 20.9. The lowest BCUT2D eigenvalue weighted by Crippen LogP contribution is -2.44. The number of hydrogen-bond donors (Lipinski definition) is 0. The third-order valence-electron chi connectivity index (χ3n) is 4.84. The van der Waals surface area contributed by atoms with E-state index in [0.29, 0.717) is 17.7 Å². The van der Waals surface area contributed by atoms with Gasteiger partial charge in [0.2, 0.25) is 15.9 Å². The van der Waals surface area contributed by atoms with E-state index in [2.05, 4.69) is 0 Å². The summed E-state index contributed by atoms with van der Waals surface area (Å²) in [6.07, 6.45) is 0.769. The summed E-state index contributed by atoms with van der Waals surface area (Å²) in [4.78, 5) is 14.1. The summed E-state index contributed by atoms with van der Waals surface area (Å²) in [5, 5.41) is 17.6. The Morgan fingerprint density at radius 1 is 1.11 bits per heavy atom. The summed E-state index contributed by atoms with van der Waals surface area (Å²) in [7, 11) is -3.63. The van der Waals surface area contributed by atoms with Crippen LogP contribution in [0.2, 0.25) is 0 Å². The minimum atomic E-state index is -3.63. The van der Waals surface area contributed by atoms with Crippen LogP contribution in [0.4, 0.5) is 0 Å². The maximum Gasteiger partial charge on any atom is 0.243 e. The van der Waals surface area contributed by atoms with Gasteiger partial charge >= 0.3 is 0 Å². The van der Waals surface area contributed by atoms with Crippen LogP contribution in [-0.2, 0) is 14.8 Å². The van der Waals surface area contributed by atoms with E-state index < -0.39 is 10.0 Å². The van der Waals surface area contributed by atoms with Crippen LogP contribution in [0.3, 0.4) is 0 Å². The largest absolute Gasteiger partial charge is 0.316 e. The van der Waals surface area contributed by atoms with E-state index in [9.17, 15) is 13.2 Å². The maximum absolute atomic E-state index is 13.1. The van der Waals surface area contributed by atoms with Crippen molar-refractivity contribution in [3.8, 4) is 12.1 Å². The van der Waals surface area contributed by atoms with Gasteiger partial charge in [-0.15, -0.1) is 0 Å². The zero-order valence-electron chi connectivity index (χ0n) is 15.9. The number of aryl methyl sites for hydroxylation is 3. The minimum absolute atomic E-state index is 0.132. The van der Waals surface area contributed by atoms with Gasteiger partial charge < -0.3 is 4.90 Å². The van der Waals surface area contributed by atoms with Gasteiger partial charge in [0.1, 0.15) is 13.1 Å². The van der Waals surface area contributed by atoms with E-state index in [1.807, 2.05) is 31.2 Å². The monoisotopic (exact) mass is 388 g/mol. The molecule has 1 amide bonds. The third kappa shape index (κ3) is 4.47. The van der Waals surface area contributed by atoms with Crippen molar-refractivity contribution in [3.63, 3.8) is 0 Å². The normalized spacial score (nSPS) is 15.7. The first-order chi connectivity index (χ1) is 12.7. The first-order valence-electron chi connectivity index (χ1n) is 8.83. The van der Waals surface area contributed by atoms with Gasteiger partial charge in [-0.05, 0) is 44.7 Å². The van der Waals surface area contributed by atoms with Crippen LogP contribution < -0.4 is 0 Å². The van der Waals surface area contributed by atoms with Crippen LogP contribution in [0.1, 0.15) is 29.5 Å². The molecule has 1 heterocycles. The van der Waals surface area contributed by atoms with Crippen molar-refractivity contribution in [1.29, 1.82) is 10.5 Å². The Hall–Kier alpha value is -2.42. The summed E-state index contributed by atoms with van der Waals surface area (Å²) >= 11 is 0. The molecule has 144 valence electrons. The molecule has 0 saturated carbocycles. The molecule has 0 N–H and O–H groups in total. The standard InChI is InChI=1S/C19H24N4O3S/c1-14-12-15(2)18(16(3)13-14)27(25,26)23-8-4-17(5-9-23)19(24)22(10-6-20)11-7-21/h12-13,17H,4-5,8-11H2,1-3H3. The predicted octanol–water partition coefficient (Wildman–Crippen LogP) is 1.89.